The molecule has 0 radical (unpaired) electrons. The summed E-state index contributed by atoms with van der Waals surface area (Å²) >= 11 is 1.96. The highest BCUT2D eigenvalue weighted by Crippen LogP contribution is 2.29. The summed E-state index contributed by atoms with van der Waals surface area (Å²) in [5.74, 6) is 1.87. The van der Waals surface area contributed by atoms with E-state index in [-0.39, 0.29) is 16.2 Å². The topological polar surface area (TPSA) is 86.7 Å². The van der Waals surface area contributed by atoms with Crippen LogP contribution in [0.15, 0.2) is 34.4 Å². The van der Waals surface area contributed by atoms with E-state index in [1.165, 1.54) is 12.3 Å². The Morgan fingerprint density at radius 2 is 2.25 bits per heavy atom. The Labute approximate surface area is 148 Å². The largest absolute Gasteiger partial charge is 0.355 e. The van der Waals surface area contributed by atoms with Crippen LogP contribution in [0.25, 0.3) is 0 Å². The smallest absolute Gasteiger partial charge is 0.242 e. The third kappa shape index (κ3) is 5.35. The Morgan fingerprint density at radius 1 is 1.46 bits per heavy atom. The van der Waals surface area contributed by atoms with Crippen LogP contribution in [0.1, 0.15) is 13.8 Å². The van der Waals surface area contributed by atoms with Gasteiger partial charge in [-0.1, -0.05) is 0 Å². The van der Waals surface area contributed by atoms with Gasteiger partial charge in [0.1, 0.15) is 4.90 Å². The summed E-state index contributed by atoms with van der Waals surface area (Å²) in [6, 6.07) is 3.12. The maximum Gasteiger partial charge on any atom is 0.242 e. The fraction of sp³-hybridized carbons (Fsp3) is 0.600. The molecule has 1 aromatic rings. The molecule has 24 heavy (non-hydrogen) atoms. The molecule has 0 aliphatic carbocycles. The van der Waals surface area contributed by atoms with Gasteiger partial charge < -0.3 is 10.2 Å². The van der Waals surface area contributed by atoms with Crippen molar-refractivity contribution in [1.82, 2.24) is 19.9 Å². The predicted molar refractivity (Wildman–Crippen MR) is 98.9 cm³/mol. The zero-order chi connectivity index (χ0) is 17.6. The van der Waals surface area contributed by atoms with Crippen LogP contribution >= 0.6 is 11.8 Å². The minimum Gasteiger partial charge on any atom is -0.355 e. The standard InChI is InChI=1S/C15H25N5O2S2/c1-15(2)12-20(9-10-23-15)14(16-3)18-7-8-19-24(21,22)13-5-4-6-17-11-13/h4-6,11,19H,7-10,12H2,1-3H3,(H,16,18). The molecule has 0 saturated carbocycles. The van der Waals surface area contributed by atoms with Crippen LogP contribution in [0.5, 0.6) is 0 Å². The summed E-state index contributed by atoms with van der Waals surface area (Å²) in [7, 11) is -1.77. The summed E-state index contributed by atoms with van der Waals surface area (Å²) in [5.41, 5.74) is 0. The summed E-state index contributed by atoms with van der Waals surface area (Å²) in [6.45, 7) is 7.05. The summed E-state index contributed by atoms with van der Waals surface area (Å²) < 4.78 is 27.0. The molecular weight excluding hydrogens is 346 g/mol. The number of aliphatic imine (C=N–C) groups is 1. The number of guanidine groups is 1. The Balaban J connectivity index is 1.82. The lowest BCUT2D eigenvalue weighted by atomic mass is 10.2. The van der Waals surface area contributed by atoms with Crippen LogP contribution in [0.3, 0.4) is 0 Å². The molecule has 1 aliphatic heterocycles. The van der Waals surface area contributed by atoms with Gasteiger partial charge in [0, 0.05) is 56.1 Å². The second-order valence-corrected chi connectivity index (χ2v) is 9.66. The molecule has 1 aliphatic rings. The minimum atomic E-state index is -3.52. The maximum absolute atomic E-state index is 12.1. The number of pyridine rings is 1. The first-order chi connectivity index (χ1) is 11.3. The van der Waals surface area contributed by atoms with Gasteiger partial charge in [-0.05, 0) is 26.0 Å². The quantitative estimate of drug-likeness (QED) is 0.452. The molecule has 1 aromatic heterocycles. The van der Waals surface area contributed by atoms with Crippen molar-refractivity contribution >= 4 is 27.7 Å². The molecule has 0 aromatic carbocycles. The van der Waals surface area contributed by atoms with Gasteiger partial charge in [0.15, 0.2) is 5.96 Å². The van der Waals surface area contributed by atoms with Crippen molar-refractivity contribution in [3.63, 3.8) is 0 Å². The van der Waals surface area contributed by atoms with Gasteiger partial charge >= 0.3 is 0 Å². The van der Waals surface area contributed by atoms with E-state index in [0.717, 1.165) is 24.8 Å². The molecule has 0 bridgehead atoms. The number of rotatable bonds is 5. The Hall–Kier alpha value is -1.32. The van der Waals surface area contributed by atoms with E-state index < -0.39 is 10.0 Å². The van der Waals surface area contributed by atoms with E-state index in [1.54, 1.807) is 19.3 Å². The Kier molecular flexibility index (Phi) is 6.47. The maximum atomic E-state index is 12.1. The number of nitrogens with one attached hydrogen (secondary N) is 2. The van der Waals surface area contributed by atoms with Crippen molar-refractivity contribution < 1.29 is 8.42 Å². The van der Waals surface area contributed by atoms with Crippen molar-refractivity contribution in [2.75, 3.05) is 39.0 Å². The van der Waals surface area contributed by atoms with Gasteiger partial charge in [-0.25, -0.2) is 13.1 Å². The first-order valence-electron chi connectivity index (χ1n) is 7.83. The van der Waals surface area contributed by atoms with Gasteiger partial charge in [-0.15, -0.1) is 0 Å². The lowest BCUT2D eigenvalue weighted by Gasteiger charge is -2.39. The van der Waals surface area contributed by atoms with Crippen LogP contribution in [-0.2, 0) is 10.0 Å². The van der Waals surface area contributed by atoms with Gasteiger partial charge in [0.05, 0.1) is 0 Å². The average Bonchev–Trinajstić information content (AvgIpc) is 2.55. The minimum absolute atomic E-state index is 0.171. The summed E-state index contributed by atoms with van der Waals surface area (Å²) in [6.07, 6.45) is 2.88. The number of sulfonamides is 1. The van der Waals surface area contributed by atoms with E-state index in [1.807, 2.05) is 11.8 Å². The molecule has 2 heterocycles. The van der Waals surface area contributed by atoms with Crippen LogP contribution in [-0.4, -0.2) is 68.0 Å². The Morgan fingerprint density at radius 3 is 2.88 bits per heavy atom. The molecule has 1 fully saturated rings. The monoisotopic (exact) mass is 371 g/mol. The predicted octanol–water partition coefficient (Wildman–Crippen LogP) is 0.763. The van der Waals surface area contributed by atoms with Crippen LogP contribution in [0, 0.1) is 0 Å². The lowest BCUT2D eigenvalue weighted by molar-refractivity contribution is 0.376. The van der Waals surface area contributed by atoms with Crippen molar-refractivity contribution in [1.29, 1.82) is 0 Å². The van der Waals surface area contributed by atoms with Crippen molar-refractivity contribution in [2.45, 2.75) is 23.5 Å². The van der Waals surface area contributed by atoms with Crippen molar-refractivity contribution in [2.24, 2.45) is 4.99 Å². The highest BCUT2D eigenvalue weighted by atomic mass is 32.2. The van der Waals surface area contributed by atoms with Crippen molar-refractivity contribution in [3.05, 3.63) is 24.5 Å². The molecule has 1 saturated heterocycles. The van der Waals surface area contributed by atoms with E-state index in [9.17, 15) is 8.42 Å². The zero-order valence-corrected chi connectivity index (χ0v) is 16.0. The third-order valence-electron chi connectivity index (χ3n) is 3.58. The van der Waals surface area contributed by atoms with E-state index in [4.69, 9.17) is 0 Å². The van der Waals surface area contributed by atoms with E-state index in [2.05, 4.69) is 38.8 Å². The number of thioether (sulfide) groups is 1. The zero-order valence-electron chi connectivity index (χ0n) is 14.3. The second-order valence-electron chi connectivity index (χ2n) is 6.09. The first kappa shape index (κ1) is 19.0. The molecule has 2 rings (SSSR count). The van der Waals surface area contributed by atoms with E-state index in [0.29, 0.717) is 6.54 Å². The van der Waals surface area contributed by atoms with Gasteiger partial charge in [-0.2, -0.15) is 11.8 Å². The molecule has 2 N–H and O–H groups in total. The highest BCUT2D eigenvalue weighted by molar-refractivity contribution is 8.00. The molecule has 7 nitrogen and oxygen atoms in total. The van der Waals surface area contributed by atoms with Crippen LogP contribution in [0.4, 0.5) is 0 Å². The Bertz CT molecular complexity index is 662. The molecule has 0 atom stereocenters. The summed E-state index contributed by atoms with van der Waals surface area (Å²) in [5, 5.41) is 3.23. The van der Waals surface area contributed by atoms with Gasteiger partial charge in [-0.3, -0.25) is 9.98 Å². The second kappa shape index (κ2) is 8.17. The lowest BCUT2D eigenvalue weighted by Crippen LogP contribution is -2.51. The SMILES string of the molecule is CN=C(NCCNS(=O)(=O)c1cccnc1)N1CCSC(C)(C)C1. The molecule has 0 spiro atoms. The number of nitrogens with zero attached hydrogens (tertiary/aromatic N) is 3. The third-order valence-corrected chi connectivity index (χ3v) is 6.33. The number of hydrogen-bond acceptors (Lipinski definition) is 5. The molecule has 0 unspecified atom stereocenters. The van der Waals surface area contributed by atoms with Gasteiger partial charge in [0.2, 0.25) is 10.0 Å². The number of aromatic nitrogens is 1. The van der Waals surface area contributed by atoms with E-state index >= 15 is 0 Å². The summed E-state index contributed by atoms with van der Waals surface area (Å²) in [4.78, 5) is 10.5. The normalized spacial score (nSPS) is 18.5. The molecule has 9 heteroatoms. The fourth-order valence-electron chi connectivity index (χ4n) is 2.48. The highest BCUT2D eigenvalue weighted by Gasteiger charge is 2.28. The van der Waals surface area contributed by atoms with Crippen molar-refractivity contribution in [3.8, 4) is 0 Å². The fourth-order valence-corrected chi connectivity index (χ4v) is 4.58. The first-order valence-corrected chi connectivity index (χ1v) is 10.3. The van der Waals surface area contributed by atoms with Crippen LogP contribution < -0.4 is 10.0 Å². The molecular formula is C15H25N5O2S2. The number of hydrogen-bond donors (Lipinski definition) is 2. The average molecular weight is 372 g/mol. The molecule has 0 amide bonds. The molecule has 134 valence electrons. The van der Waals surface area contributed by atoms with Gasteiger partial charge in [0.25, 0.3) is 0 Å². The van der Waals surface area contributed by atoms with Crippen LogP contribution in [0.2, 0.25) is 0 Å².